The zero-order valence-electron chi connectivity index (χ0n) is 28.6. The Bertz CT molecular complexity index is 2150. The fourth-order valence-electron chi connectivity index (χ4n) is 7.34. The Morgan fingerprint density at radius 3 is 2.69 bits per heavy atom. The van der Waals surface area contributed by atoms with Gasteiger partial charge in [-0.05, 0) is 91.9 Å². The van der Waals surface area contributed by atoms with Gasteiger partial charge in [-0.2, -0.15) is 0 Å². The third-order valence-electron chi connectivity index (χ3n) is 9.90. The third kappa shape index (κ3) is 7.27. The van der Waals surface area contributed by atoms with E-state index in [4.69, 9.17) is 4.74 Å². The van der Waals surface area contributed by atoms with Crippen LogP contribution in [-0.4, -0.2) is 87.3 Å². The lowest BCUT2D eigenvalue weighted by Crippen LogP contribution is -2.45. The molecule has 11 nitrogen and oxygen atoms in total. The Hall–Kier alpha value is -4.98. The number of hydrogen-bond donors (Lipinski definition) is 2. The summed E-state index contributed by atoms with van der Waals surface area (Å²) in [6.45, 7) is 3.04. The second-order valence-corrected chi connectivity index (χ2v) is 13.5. The lowest BCUT2D eigenvalue weighted by molar-refractivity contribution is 0.158. The van der Waals surface area contributed by atoms with Crippen LogP contribution < -0.4 is 16.6 Å². The Kier molecular flexibility index (Phi) is 9.94. The number of likely N-dealkylation sites (N-methyl/N-ethyl adjacent to an activating group) is 1. The van der Waals surface area contributed by atoms with Gasteiger partial charge in [0.15, 0.2) is 5.65 Å². The van der Waals surface area contributed by atoms with Gasteiger partial charge >= 0.3 is 5.69 Å². The first-order chi connectivity index (χ1) is 24.7. The van der Waals surface area contributed by atoms with E-state index >= 15 is 0 Å². The minimum absolute atomic E-state index is 0.00721. The molecule has 51 heavy (non-hydrogen) atoms. The van der Waals surface area contributed by atoms with Crippen molar-refractivity contribution in [1.82, 2.24) is 29.2 Å². The van der Waals surface area contributed by atoms with E-state index in [1.807, 2.05) is 36.2 Å². The Morgan fingerprint density at radius 2 is 1.88 bits per heavy atom. The summed E-state index contributed by atoms with van der Waals surface area (Å²) in [6.07, 6.45) is 8.19. The van der Waals surface area contributed by atoms with Crippen molar-refractivity contribution in [3.63, 3.8) is 0 Å². The number of phenols is 1. The highest BCUT2D eigenvalue weighted by Gasteiger charge is 2.29. The van der Waals surface area contributed by atoms with Crippen LogP contribution in [0.3, 0.4) is 0 Å². The van der Waals surface area contributed by atoms with Crippen molar-refractivity contribution in [3.05, 3.63) is 111 Å². The largest absolute Gasteiger partial charge is 0.508 e. The van der Waals surface area contributed by atoms with Gasteiger partial charge in [0, 0.05) is 51.6 Å². The molecule has 3 aliphatic rings. The highest BCUT2D eigenvalue weighted by Crippen LogP contribution is 2.31. The fraction of sp³-hybridized carbons (Fsp3) is 0.368. The van der Waals surface area contributed by atoms with Gasteiger partial charge in [-0.15, -0.1) is 0 Å². The first-order valence-corrected chi connectivity index (χ1v) is 17.2. The summed E-state index contributed by atoms with van der Waals surface area (Å²) in [7, 11) is 3.62. The summed E-state index contributed by atoms with van der Waals surface area (Å²) < 4.78 is 36.1. The van der Waals surface area contributed by atoms with Crippen molar-refractivity contribution in [2.75, 3.05) is 40.4 Å². The molecule has 0 bridgehead atoms. The van der Waals surface area contributed by atoms with E-state index in [-0.39, 0.29) is 40.7 Å². The first-order valence-electron chi connectivity index (χ1n) is 17.2. The number of aromatic nitrogens is 3. The molecule has 1 unspecified atom stereocenters. The normalized spacial score (nSPS) is 20.2. The number of ether oxygens (including phenoxy) is 1. The van der Waals surface area contributed by atoms with Gasteiger partial charge in [-0.1, -0.05) is 18.2 Å². The molecule has 2 aromatic heterocycles. The monoisotopic (exact) mass is 697 g/mol. The van der Waals surface area contributed by atoms with Gasteiger partial charge < -0.3 is 20.1 Å². The van der Waals surface area contributed by atoms with E-state index < -0.39 is 17.1 Å². The topological polar surface area (TPSA) is 117 Å². The van der Waals surface area contributed by atoms with Gasteiger partial charge in [-0.3, -0.25) is 19.3 Å². The summed E-state index contributed by atoms with van der Waals surface area (Å²) in [4.78, 5) is 41.1. The number of allylic oxidation sites excluding steroid dienone is 2. The second kappa shape index (κ2) is 14.7. The molecule has 2 aromatic carbocycles. The van der Waals surface area contributed by atoms with Gasteiger partial charge in [0.1, 0.15) is 23.2 Å². The lowest BCUT2D eigenvalue weighted by Gasteiger charge is -2.31. The number of methoxy groups -OCH3 is 1. The van der Waals surface area contributed by atoms with E-state index in [2.05, 4.69) is 20.2 Å². The fourth-order valence-corrected chi connectivity index (χ4v) is 7.34. The highest BCUT2D eigenvalue weighted by molar-refractivity contribution is 5.96. The Labute approximate surface area is 293 Å². The average molecular weight is 698 g/mol. The number of amidine groups is 1. The first kappa shape index (κ1) is 34.5. The maximum Gasteiger partial charge on any atom is 0.337 e. The summed E-state index contributed by atoms with van der Waals surface area (Å²) in [6, 6.07) is 13.5. The number of nitrogens with zero attached hydrogens (tertiary/aromatic N) is 6. The van der Waals surface area contributed by atoms with Crippen LogP contribution in [0.1, 0.15) is 37.3 Å². The number of rotatable bonds is 11. The molecule has 4 heterocycles. The average Bonchev–Trinajstić information content (AvgIpc) is 3.53. The number of nitrogens with one attached hydrogen (secondary N) is 1. The van der Waals surface area contributed by atoms with Gasteiger partial charge in [0.25, 0.3) is 5.56 Å². The highest BCUT2D eigenvalue weighted by atomic mass is 19.1. The molecule has 1 aliphatic carbocycles. The molecule has 4 aromatic rings. The molecule has 2 aliphatic heterocycles. The summed E-state index contributed by atoms with van der Waals surface area (Å²) in [5, 5.41) is 13.9. The molecule has 1 fully saturated rings. The maximum atomic E-state index is 14.6. The minimum atomic E-state index is -0.662. The van der Waals surface area contributed by atoms with E-state index in [1.165, 1.54) is 21.4 Å². The number of halogens is 2. The van der Waals surface area contributed by atoms with Crippen molar-refractivity contribution < 1.29 is 18.6 Å². The summed E-state index contributed by atoms with van der Waals surface area (Å²) >= 11 is 0. The van der Waals surface area contributed by atoms with Crippen molar-refractivity contribution in [2.24, 2.45) is 4.99 Å². The maximum absolute atomic E-state index is 14.6. The number of fused-ring (bicyclic) bond motifs is 2. The van der Waals surface area contributed by atoms with Crippen LogP contribution in [0.25, 0.3) is 27.8 Å². The molecular formula is C38H41F2N7O4. The van der Waals surface area contributed by atoms with Crippen molar-refractivity contribution >= 4 is 16.9 Å². The molecule has 7 rings (SSSR count). The quantitative estimate of drug-likeness (QED) is 0.232. The van der Waals surface area contributed by atoms with Crippen LogP contribution in [0.4, 0.5) is 8.78 Å². The predicted molar refractivity (Wildman–Crippen MR) is 192 cm³/mol. The molecule has 0 radical (unpaired) electrons. The van der Waals surface area contributed by atoms with Crippen LogP contribution >= 0.6 is 0 Å². The molecular weight excluding hydrogens is 656 g/mol. The minimum Gasteiger partial charge on any atom is -0.508 e. The summed E-state index contributed by atoms with van der Waals surface area (Å²) in [5.74, 6) is -0.0570. The molecule has 266 valence electrons. The van der Waals surface area contributed by atoms with Crippen molar-refractivity contribution in [1.29, 1.82) is 0 Å². The number of aliphatic imine (C=N–C) groups is 1. The molecule has 2 N–H and O–H groups in total. The van der Waals surface area contributed by atoms with E-state index in [0.29, 0.717) is 51.3 Å². The molecule has 0 spiro atoms. The number of pyridine rings is 1. The standard InChI is InChI=1S/C38H41F2N7O4/c1-44(14-15-51-2)21-25-17-32(48)11-12-33(25)24-4-3-5-31(16-24)46-36-34(18-27(40)19-42-36)37(49)47(38(46)50)30-9-7-28(8-10-30)41-20-29-23-45-22-26(39)6-13-35(45)43-29/h3-6,11-13,16-19,22,28-30,41,48H,7-10,14-15,20-21,23H2,1-2H3. The zero-order chi connectivity index (χ0) is 35.6. The molecule has 0 saturated heterocycles. The van der Waals surface area contributed by atoms with Crippen LogP contribution in [-0.2, 0) is 11.3 Å². The number of hydrogen-bond acceptors (Lipinski definition) is 9. The van der Waals surface area contributed by atoms with Crippen LogP contribution in [0.2, 0.25) is 0 Å². The Balaban J connectivity index is 1.16. The smallest absolute Gasteiger partial charge is 0.337 e. The molecule has 13 heteroatoms. The van der Waals surface area contributed by atoms with Crippen LogP contribution in [0.5, 0.6) is 5.75 Å². The summed E-state index contributed by atoms with van der Waals surface area (Å²) in [5.41, 5.74) is 2.03. The molecule has 1 atom stereocenters. The number of benzene rings is 2. The van der Waals surface area contributed by atoms with E-state index in [9.17, 15) is 23.5 Å². The SMILES string of the molecule is COCCN(C)Cc1cc(O)ccc1-c1cccc(-n2c(=O)n(C3CCC(NCC4CN5C=C(F)C=CC5=N4)CC3)c(=O)c3cc(F)cnc32)c1. The van der Waals surface area contributed by atoms with Crippen molar-refractivity contribution in [3.8, 4) is 22.6 Å². The Morgan fingerprint density at radius 1 is 1.06 bits per heavy atom. The number of phenolic OH excluding ortho intramolecular Hbond substituents is 1. The second-order valence-electron chi connectivity index (χ2n) is 13.5. The van der Waals surface area contributed by atoms with Crippen LogP contribution in [0.15, 0.2) is 93.5 Å². The molecule has 0 amide bonds. The van der Waals surface area contributed by atoms with E-state index in [1.54, 1.807) is 31.4 Å². The van der Waals surface area contributed by atoms with Gasteiger partial charge in [-0.25, -0.2) is 23.1 Å². The van der Waals surface area contributed by atoms with Gasteiger partial charge in [0.05, 0.1) is 29.9 Å². The predicted octanol–water partition coefficient (Wildman–Crippen LogP) is 4.67. The van der Waals surface area contributed by atoms with E-state index in [0.717, 1.165) is 47.6 Å². The number of aromatic hydroxyl groups is 1. The molecule has 1 saturated carbocycles. The lowest BCUT2D eigenvalue weighted by atomic mass is 9.90. The third-order valence-corrected chi connectivity index (χ3v) is 9.90. The van der Waals surface area contributed by atoms with Crippen molar-refractivity contribution in [2.45, 2.75) is 50.4 Å². The van der Waals surface area contributed by atoms with Crippen LogP contribution in [0, 0.1) is 5.82 Å². The van der Waals surface area contributed by atoms with Gasteiger partial charge in [0.2, 0.25) is 0 Å². The zero-order valence-corrected chi connectivity index (χ0v) is 28.6.